The van der Waals surface area contributed by atoms with Crippen molar-refractivity contribution in [3.63, 3.8) is 0 Å². The van der Waals surface area contributed by atoms with Gasteiger partial charge in [-0.05, 0) is 6.42 Å². The van der Waals surface area contributed by atoms with E-state index in [1.54, 1.807) is 6.92 Å². The van der Waals surface area contributed by atoms with Crippen LogP contribution in [0, 0.1) is 0 Å². The van der Waals surface area contributed by atoms with Gasteiger partial charge in [0.15, 0.2) is 5.44 Å². The van der Waals surface area contributed by atoms with Crippen LogP contribution in [-0.2, 0) is 10.1 Å². The molecule has 17 heavy (non-hydrogen) atoms. The molecule has 0 aliphatic carbocycles. The molecule has 0 fully saturated rings. The van der Waals surface area contributed by atoms with Gasteiger partial charge < -0.3 is 30.3 Å². The predicted molar refractivity (Wildman–Crippen MR) is 56.9 cm³/mol. The van der Waals surface area contributed by atoms with Crippen LogP contribution in [0.4, 0.5) is 0 Å². The van der Waals surface area contributed by atoms with E-state index >= 15 is 0 Å². The highest BCUT2D eigenvalue weighted by Crippen LogP contribution is 2.09. The molecule has 0 aliphatic rings. The van der Waals surface area contributed by atoms with E-state index in [1.807, 2.05) is 0 Å². The molecule has 0 bridgehead atoms. The summed E-state index contributed by atoms with van der Waals surface area (Å²) in [4.78, 5) is 0. The first-order valence-electron chi connectivity index (χ1n) is 5.00. The maximum Gasteiger partial charge on any atom is 0.170 e. The largest absolute Gasteiger partial charge is 0.746 e. The second-order valence-corrected chi connectivity index (χ2v) is 5.25. The molecule has 2 atom stereocenters. The molecule has 0 saturated carbocycles. The number of aliphatic hydroxyl groups is 4. The van der Waals surface area contributed by atoms with Crippen LogP contribution in [-0.4, -0.2) is 70.2 Å². The van der Waals surface area contributed by atoms with Crippen molar-refractivity contribution in [3.8, 4) is 0 Å². The van der Waals surface area contributed by atoms with Crippen LogP contribution in [0.15, 0.2) is 0 Å². The van der Waals surface area contributed by atoms with Gasteiger partial charge >= 0.3 is 0 Å². The van der Waals surface area contributed by atoms with E-state index in [0.29, 0.717) is 6.42 Å². The van der Waals surface area contributed by atoms with Crippen LogP contribution in [0.2, 0.25) is 0 Å². The van der Waals surface area contributed by atoms with Crippen LogP contribution in [0.5, 0.6) is 0 Å². The number of nitrogens with one attached hydrogen (secondary N) is 1. The monoisotopic (exact) mass is 272 g/mol. The Morgan fingerprint density at radius 3 is 2.06 bits per heavy atom. The van der Waals surface area contributed by atoms with Gasteiger partial charge in [-0.1, -0.05) is 6.92 Å². The lowest BCUT2D eigenvalue weighted by Gasteiger charge is -2.32. The van der Waals surface area contributed by atoms with Gasteiger partial charge in [0.1, 0.15) is 16.2 Å². The summed E-state index contributed by atoms with van der Waals surface area (Å²) in [5.74, 6) is 0. The zero-order valence-corrected chi connectivity index (χ0v) is 10.2. The van der Waals surface area contributed by atoms with Crippen LogP contribution >= 0.6 is 0 Å². The molecule has 9 heteroatoms. The Kier molecular flexibility index (Phi) is 6.48. The predicted octanol–water partition coefficient (Wildman–Crippen LogP) is -3.07. The number of β-amino-alcohol motifs (C(OH)–C–C–N with tert-alkyl or cyclic N) is 1. The van der Waals surface area contributed by atoms with E-state index in [2.05, 4.69) is 5.32 Å². The molecule has 8 nitrogen and oxygen atoms in total. The van der Waals surface area contributed by atoms with Gasteiger partial charge in [0.05, 0.1) is 18.8 Å². The van der Waals surface area contributed by atoms with Gasteiger partial charge in [0.2, 0.25) is 0 Å². The summed E-state index contributed by atoms with van der Waals surface area (Å²) in [5.41, 5.74) is -3.53. The van der Waals surface area contributed by atoms with E-state index in [0.717, 1.165) is 0 Å². The van der Waals surface area contributed by atoms with Gasteiger partial charge in [-0.2, -0.15) is 0 Å². The minimum Gasteiger partial charge on any atom is -0.746 e. The van der Waals surface area contributed by atoms with Crippen molar-refractivity contribution in [2.75, 3.05) is 19.8 Å². The van der Waals surface area contributed by atoms with Crippen molar-refractivity contribution >= 4 is 10.1 Å². The van der Waals surface area contributed by atoms with Crippen LogP contribution in [0.3, 0.4) is 0 Å². The molecule has 5 N–H and O–H groups in total. The number of hydrogen-bond acceptors (Lipinski definition) is 8. The Labute approximate surface area is 99.6 Å². The van der Waals surface area contributed by atoms with Gasteiger partial charge in [0, 0.05) is 6.54 Å². The van der Waals surface area contributed by atoms with E-state index in [9.17, 15) is 18.1 Å². The smallest absolute Gasteiger partial charge is 0.170 e. The van der Waals surface area contributed by atoms with Crippen molar-refractivity contribution in [1.82, 2.24) is 5.32 Å². The molecule has 0 rings (SSSR count). The Morgan fingerprint density at radius 2 is 1.76 bits per heavy atom. The van der Waals surface area contributed by atoms with E-state index in [4.69, 9.17) is 15.3 Å². The Morgan fingerprint density at radius 1 is 1.29 bits per heavy atom. The molecule has 2 unspecified atom stereocenters. The molecule has 0 aromatic rings. The summed E-state index contributed by atoms with van der Waals surface area (Å²) < 4.78 is 31.2. The lowest BCUT2D eigenvalue weighted by molar-refractivity contribution is 0.0356. The molecule has 104 valence electrons. The Hall–Kier alpha value is -0.290. The number of hydrogen-bond donors (Lipinski definition) is 5. The summed E-state index contributed by atoms with van der Waals surface area (Å²) >= 11 is 0. The first-order valence-corrected chi connectivity index (χ1v) is 6.47. The highest BCUT2D eigenvalue weighted by Gasteiger charge is 2.29. The summed E-state index contributed by atoms with van der Waals surface area (Å²) in [6.45, 7) is 0.337. The third-order valence-electron chi connectivity index (χ3n) is 2.59. The Bertz CT molecular complexity index is 306. The van der Waals surface area contributed by atoms with Crippen molar-refractivity contribution in [3.05, 3.63) is 0 Å². The first-order chi connectivity index (χ1) is 7.72. The zero-order chi connectivity index (χ0) is 13.7. The average Bonchev–Trinajstić information content (AvgIpc) is 2.29. The normalized spacial score (nSPS) is 16.8. The minimum absolute atomic E-state index is 0.312. The standard InChI is InChI=1S/C8H19NO7S/c1-2-8(4-10,5-11)9-3-6(12)7(13)17(14,15)16/h6-7,9-13H,2-5H2,1H3,(H,14,15,16)/p-1. The lowest BCUT2D eigenvalue weighted by atomic mass is 9.98. The minimum atomic E-state index is -5.00. The Balaban J connectivity index is 4.46. The van der Waals surface area contributed by atoms with Gasteiger partial charge in [-0.25, -0.2) is 8.42 Å². The third-order valence-corrected chi connectivity index (χ3v) is 3.50. The van der Waals surface area contributed by atoms with Crippen molar-refractivity contribution in [2.45, 2.75) is 30.4 Å². The highest BCUT2D eigenvalue weighted by molar-refractivity contribution is 7.86. The summed E-state index contributed by atoms with van der Waals surface area (Å²) in [6.07, 6.45) is -1.52. The third kappa shape index (κ3) is 4.84. The average molecular weight is 272 g/mol. The van der Waals surface area contributed by atoms with Gasteiger partial charge in [0.25, 0.3) is 0 Å². The molecule has 0 saturated heterocycles. The molecule has 0 amide bonds. The highest BCUT2D eigenvalue weighted by atomic mass is 32.2. The summed E-state index contributed by atoms with van der Waals surface area (Å²) in [6, 6.07) is 0. The molecule has 0 aromatic heterocycles. The fourth-order valence-corrected chi connectivity index (χ4v) is 1.61. The second-order valence-electron chi connectivity index (χ2n) is 3.78. The molecular formula is C8H18NO7S-. The van der Waals surface area contributed by atoms with Crippen LogP contribution in [0.1, 0.15) is 13.3 Å². The maximum atomic E-state index is 10.4. The lowest BCUT2D eigenvalue weighted by Crippen LogP contribution is -2.55. The zero-order valence-electron chi connectivity index (χ0n) is 9.40. The van der Waals surface area contributed by atoms with E-state index < -0.39 is 47.0 Å². The van der Waals surface area contributed by atoms with Crippen LogP contribution < -0.4 is 5.32 Å². The summed E-state index contributed by atoms with van der Waals surface area (Å²) in [7, 11) is -5.00. The van der Waals surface area contributed by atoms with Gasteiger partial charge in [-0.3, -0.25) is 0 Å². The topological polar surface area (TPSA) is 150 Å². The van der Waals surface area contributed by atoms with Crippen molar-refractivity contribution in [1.29, 1.82) is 0 Å². The molecule has 0 heterocycles. The van der Waals surface area contributed by atoms with Crippen LogP contribution in [0.25, 0.3) is 0 Å². The molecular weight excluding hydrogens is 254 g/mol. The fraction of sp³-hybridized carbons (Fsp3) is 1.00. The fourth-order valence-electron chi connectivity index (χ4n) is 1.12. The van der Waals surface area contributed by atoms with E-state index in [-0.39, 0.29) is 0 Å². The van der Waals surface area contributed by atoms with E-state index in [1.165, 1.54) is 0 Å². The maximum absolute atomic E-state index is 10.4. The quantitative estimate of drug-likeness (QED) is 0.292. The molecule has 0 spiro atoms. The number of rotatable bonds is 8. The SMILES string of the molecule is CCC(CO)(CO)NCC(O)C(O)S(=O)(=O)[O-]. The molecule has 0 aliphatic heterocycles. The van der Waals surface area contributed by atoms with Crippen molar-refractivity contribution < 1.29 is 33.4 Å². The summed E-state index contributed by atoms with van der Waals surface area (Å²) in [5, 5.41) is 38.8. The van der Waals surface area contributed by atoms with Crippen molar-refractivity contribution in [2.24, 2.45) is 0 Å². The first kappa shape index (κ1) is 16.7. The second kappa shape index (κ2) is 6.59. The number of aliphatic hydroxyl groups excluding tert-OH is 4. The molecule has 0 radical (unpaired) electrons. The van der Waals surface area contributed by atoms with Gasteiger partial charge in [-0.15, -0.1) is 0 Å². The molecule has 0 aromatic carbocycles.